The van der Waals surface area contributed by atoms with Gasteiger partial charge in [-0.1, -0.05) is 25.1 Å². The minimum Gasteiger partial charge on any atom is -0.496 e. The SMILES string of the molecule is CCNC(Cc1ccccc1OC)c1ccnn1C. The van der Waals surface area contributed by atoms with Crippen molar-refractivity contribution in [1.29, 1.82) is 0 Å². The van der Waals surface area contributed by atoms with Gasteiger partial charge in [0.1, 0.15) is 5.75 Å². The predicted molar refractivity (Wildman–Crippen MR) is 76.3 cm³/mol. The third-order valence-electron chi connectivity index (χ3n) is 3.28. The van der Waals surface area contributed by atoms with Gasteiger partial charge in [-0.2, -0.15) is 5.10 Å². The van der Waals surface area contributed by atoms with Crippen LogP contribution in [0.25, 0.3) is 0 Å². The molecule has 1 aromatic heterocycles. The van der Waals surface area contributed by atoms with Gasteiger partial charge in [-0.05, 0) is 30.7 Å². The molecule has 1 N–H and O–H groups in total. The lowest BCUT2D eigenvalue weighted by Crippen LogP contribution is -2.25. The molecule has 4 heteroatoms. The van der Waals surface area contributed by atoms with Gasteiger partial charge in [0.25, 0.3) is 0 Å². The summed E-state index contributed by atoms with van der Waals surface area (Å²) in [4.78, 5) is 0. The summed E-state index contributed by atoms with van der Waals surface area (Å²) >= 11 is 0. The maximum absolute atomic E-state index is 5.42. The molecule has 0 spiro atoms. The first-order valence-electron chi connectivity index (χ1n) is 6.59. The smallest absolute Gasteiger partial charge is 0.122 e. The maximum Gasteiger partial charge on any atom is 0.122 e. The molecular formula is C15H21N3O. The predicted octanol–water partition coefficient (Wildman–Crippen LogP) is 2.32. The second kappa shape index (κ2) is 6.38. The van der Waals surface area contributed by atoms with E-state index in [-0.39, 0.29) is 6.04 Å². The van der Waals surface area contributed by atoms with Gasteiger partial charge < -0.3 is 10.1 Å². The Kier molecular flexibility index (Phi) is 4.58. The van der Waals surface area contributed by atoms with Crippen molar-refractivity contribution in [2.75, 3.05) is 13.7 Å². The van der Waals surface area contributed by atoms with Crippen LogP contribution in [0.15, 0.2) is 36.5 Å². The van der Waals surface area contributed by atoms with Gasteiger partial charge >= 0.3 is 0 Å². The monoisotopic (exact) mass is 259 g/mol. The average Bonchev–Trinajstić information content (AvgIpc) is 2.85. The summed E-state index contributed by atoms with van der Waals surface area (Å²) < 4.78 is 7.34. The third-order valence-corrected chi connectivity index (χ3v) is 3.28. The molecule has 1 atom stereocenters. The molecule has 0 bridgehead atoms. The fourth-order valence-corrected chi connectivity index (χ4v) is 2.35. The zero-order chi connectivity index (χ0) is 13.7. The Morgan fingerprint density at radius 1 is 1.32 bits per heavy atom. The highest BCUT2D eigenvalue weighted by Crippen LogP contribution is 2.24. The van der Waals surface area contributed by atoms with E-state index < -0.39 is 0 Å². The molecule has 2 aromatic rings. The van der Waals surface area contributed by atoms with E-state index in [2.05, 4.69) is 29.5 Å². The number of benzene rings is 1. The van der Waals surface area contributed by atoms with E-state index in [9.17, 15) is 0 Å². The Hall–Kier alpha value is -1.81. The molecule has 1 unspecified atom stereocenters. The molecule has 2 rings (SSSR count). The second-order valence-electron chi connectivity index (χ2n) is 4.51. The van der Waals surface area contributed by atoms with Crippen LogP contribution in [0.2, 0.25) is 0 Å². The zero-order valence-corrected chi connectivity index (χ0v) is 11.8. The number of aromatic nitrogens is 2. The van der Waals surface area contributed by atoms with Gasteiger partial charge in [-0.15, -0.1) is 0 Å². The van der Waals surface area contributed by atoms with E-state index in [4.69, 9.17) is 4.74 Å². The van der Waals surface area contributed by atoms with Crippen molar-refractivity contribution in [2.45, 2.75) is 19.4 Å². The Morgan fingerprint density at radius 3 is 2.74 bits per heavy atom. The minimum absolute atomic E-state index is 0.244. The number of para-hydroxylation sites is 1. The molecule has 0 aliphatic carbocycles. The number of likely N-dealkylation sites (N-methyl/N-ethyl adjacent to an activating group) is 1. The minimum atomic E-state index is 0.244. The lowest BCUT2D eigenvalue weighted by molar-refractivity contribution is 0.404. The molecule has 0 fully saturated rings. The Labute approximate surface area is 114 Å². The number of ether oxygens (including phenoxy) is 1. The lowest BCUT2D eigenvalue weighted by Gasteiger charge is -2.19. The number of nitrogens with zero attached hydrogens (tertiary/aromatic N) is 2. The topological polar surface area (TPSA) is 39.1 Å². The molecule has 0 amide bonds. The van der Waals surface area contributed by atoms with Crippen LogP contribution in [0, 0.1) is 0 Å². The van der Waals surface area contributed by atoms with Gasteiger partial charge in [0.15, 0.2) is 0 Å². The van der Waals surface area contributed by atoms with Crippen LogP contribution in [0.1, 0.15) is 24.2 Å². The van der Waals surface area contributed by atoms with Crippen molar-refractivity contribution in [3.05, 3.63) is 47.8 Å². The zero-order valence-electron chi connectivity index (χ0n) is 11.8. The fourth-order valence-electron chi connectivity index (χ4n) is 2.35. The van der Waals surface area contributed by atoms with Crippen LogP contribution in [0.5, 0.6) is 5.75 Å². The Morgan fingerprint density at radius 2 is 2.11 bits per heavy atom. The highest BCUT2D eigenvalue weighted by molar-refractivity contribution is 5.34. The second-order valence-corrected chi connectivity index (χ2v) is 4.51. The Balaban J connectivity index is 2.24. The van der Waals surface area contributed by atoms with Crippen molar-refractivity contribution in [3.63, 3.8) is 0 Å². The maximum atomic E-state index is 5.42. The number of methoxy groups -OCH3 is 1. The van der Waals surface area contributed by atoms with Gasteiger partial charge in [-0.3, -0.25) is 4.68 Å². The largest absolute Gasteiger partial charge is 0.496 e. The molecule has 0 aliphatic heterocycles. The van der Waals surface area contributed by atoms with E-state index in [0.29, 0.717) is 0 Å². The van der Waals surface area contributed by atoms with Crippen LogP contribution < -0.4 is 10.1 Å². The first kappa shape index (κ1) is 13.6. The highest BCUT2D eigenvalue weighted by atomic mass is 16.5. The van der Waals surface area contributed by atoms with Gasteiger partial charge in [0.2, 0.25) is 0 Å². The number of hydrogen-bond acceptors (Lipinski definition) is 3. The van der Waals surface area contributed by atoms with Crippen molar-refractivity contribution < 1.29 is 4.74 Å². The van der Waals surface area contributed by atoms with Gasteiger partial charge in [0.05, 0.1) is 18.8 Å². The summed E-state index contributed by atoms with van der Waals surface area (Å²) in [5.41, 5.74) is 2.39. The number of aryl methyl sites for hydroxylation is 1. The normalized spacial score (nSPS) is 12.4. The van der Waals surface area contributed by atoms with E-state index in [1.165, 1.54) is 11.3 Å². The quantitative estimate of drug-likeness (QED) is 0.865. The van der Waals surface area contributed by atoms with Crippen LogP contribution >= 0.6 is 0 Å². The molecule has 19 heavy (non-hydrogen) atoms. The summed E-state index contributed by atoms with van der Waals surface area (Å²) in [6.07, 6.45) is 2.72. The van der Waals surface area contributed by atoms with Crippen LogP contribution in [-0.2, 0) is 13.5 Å². The van der Waals surface area contributed by atoms with Crippen molar-refractivity contribution in [2.24, 2.45) is 7.05 Å². The Bertz CT molecular complexity index is 522. The average molecular weight is 259 g/mol. The molecule has 1 heterocycles. The summed E-state index contributed by atoms with van der Waals surface area (Å²) in [6.45, 7) is 3.04. The molecular weight excluding hydrogens is 238 g/mol. The number of rotatable bonds is 6. The molecule has 0 saturated heterocycles. The van der Waals surface area contributed by atoms with Crippen molar-refractivity contribution >= 4 is 0 Å². The summed E-state index contributed by atoms with van der Waals surface area (Å²) in [5.74, 6) is 0.938. The molecule has 0 aliphatic rings. The van der Waals surface area contributed by atoms with Crippen molar-refractivity contribution in [3.8, 4) is 5.75 Å². The van der Waals surface area contributed by atoms with E-state index in [0.717, 1.165) is 18.7 Å². The third kappa shape index (κ3) is 3.15. The fraction of sp³-hybridized carbons (Fsp3) is 0.400. The molecule has 0 radical (unpaired) electrons. The van der Waals surface area contributed by atoms with Gasteiger partial charge in [0, 0.05) is 13.2 Å². The van der Waals surface area contributed by atoms with Gasteiger partial charge in [-0.25, -0.2) is 0 Å². The van der Waals surface area contributed by atoms with Crippen LogP contribution in [0.3, 0.4) is 0 Å². The van der Waals surface area contributed by atoms with E-state index in [1.54, 1.807) is 7.11 Å². The van der Waals surface area contributed by atoms with Crippen molar-refractivity contribution in [1.82, 2.24) is 15.1 Å². The molecule has 0 saturated carbocycles. The first-order valence-corrected chi connectivity index (χ1v) is 6.59. The summed E-state index contributed by atoms with van der Waals surface area (Å²) in [5, 5.41) is 7.76. The molecule has 4 nitrogen and oxygen atoms in total. The lowest BCUT2D eigenvalue weighted by atomic mass is 10.0. The highest BCUT2D eigenvalue weighted by Gasteiger charge is 2.16. The van der Waals surface area contributed by atoms with E-state index >= 15 is 0 Å². The number of nitrogens with one attached hydrogen (secondary N) is 1. The van der Waals surface area contributed by atoms with Crippen LogP contribution in [0.4, 0.5) is 0 Å². The summed E-state index contributed by atoms with van der Waals surface area (Å²) in [7, 11) is 3.69. The van der Waals surface area contributed by atoms with E-state index in [1.807, 2.05) is 36.1 Å². The standard InChI is InChI=1S/C15H21N3O/c1-4-16-13(14-9-10-17-18(14)2)11-12-7-5-6-8-15(12)19-3/h5-10,13,16H,4,11H2,1-3H3. The van der Waals surface area contributed by atoms with Crippen LogP contribution in [-0.4, -0.2) is 23.4 Å². The molecule has 1 aromatic carbocycles. The number of hydrogen-bond donors (Lipinski definition) is 1. The first-order chi connectivity index (χ1) is 9.26. The molecule has 102 valence electrons. The summed E-state index contributed by atoms with van der Waals surface area (Å²) in [6, 6.07) is 10.5.